The number of carbonyl (C=O) groups is 1. The number of nitrogens with zero attached hydrogens (tertiary/aromatic N) is 4. The maximum absolute atomic E-state index is 13.9. The minimum atomic E-state index is -0.294. The molecule has 6 rings (SSSR count). The third kappa shape index (κ3) is 3.14. The number of anilines is 1. The molecule has 1 aliphatic heterocycles. The van der Waals surface area contributed by atoms with Crippen molar-refractivity contribution >= 4 is 22.8 Å². The van der Waals surface area contributed by atoms with E-state index in [0.717, 1.165) is 35.5 Å². The number of hydrogen-bond donors (Lipinski definition) is 3. The normalized spacial score (nSPS) is 19.2. The monoisotopic (exact) mass is 457 g/mol. The van der Waals surface area contributed by atoms with Gasteiger partial charge in [0.15, 0.2) is 0 Å². The van der Waals surface area contributed by atoms with Crippen LogP contribution in [0.3, 0.4) is 0 Å². The Morgan fingerprint density at radius 3 is 2.71 bits per heavy atom. The molecular formula is C25H27N7O2. The van der Waals surface area contributed by atoms with E-state index in [2.05, 4.69) is 27.5 Å². The number of fused-ring (bicyclic) bond motifs is 2. The second-order valence-electron chi connectivity index (χ2n) is 9.84. The fourth-order valence-electron chi connectivity index (χ4n) is 4.74. The van der Waals surface area contributed by atoms with Crippen LogP contribution in [0.15, 0.2) is 41.6 Å². The predicted molar refractivity (Wildman–Crippen MR) is 130 cm³/mol. The molecule has 4 aromatic rings. The van der Waals surface area contributed by atoms with Gasteiger partial charge in [0, 0.05) is 30.0 Å². The van der Waals surface area contributed by atoms with E-state index in [0.29, 0.717) is 22.4 Å². The first-order valence-corrected chi connectivity index (χ1v) is 11.6. The summed E-state index contributed by atoms with van der Waals surface area (Å²) in [6.07, 6.45) is 5.71. The molecule has 9 nitrogen and oxygen atoms in total. The van der Waals surface area contributed by atoms with Crippen molar-refractivity contribution in [2.24, 2.45) is 7.05 Å². The molecule has 3 aromatic heterocycles. The van der Waals surface area contributed by atoms with E-state index in [-0.39, 0.29) is 29.1 Å². The maximum Gasteiger partial charge on any atom is 0.263 e. The molecule has 1 unspecified atom stereocenters. The van der Waals surface area contributed by atoms with E-state index in [9.17, 15) is 9.59 Å². The number of benzene rings is 1. The highest BCUT2D eigenvalue weighted by Gasteiger charge is 2.39. The Balaban J connectivity index is 1.56. The molecule has 2 atom stereocenters. The van der Waals surface area contributed by atoms with Crippen LogP contribution in [-0.4, -0.2) is 35.5 Å². The molecule has 1 aromatic carbocycles. The smallest absolute Gasteiger partial charge is 0.263 e. The highest BCUT2D eigenvalue weighted by Crippen LogP contribution is 2.39. The molecule has 4 heterocycles. The summed E-state index contributed by atoms with van der Waals surface area (Å²) >= 11 is 0. The number of amides is 1. The Labute approximate surface area is 196 Å². The van der Waals surface area contributed by atoms with Gasteiger partial charge in [-0.05, 0) is 45.7 Å². The number of aromatic amines is 1. The quantitative estimate of drug-likeness (QED) is 0.425. The highest BCUT2D eigenvalue weighted by molar-refractivity contribution is 6.01. The van der Waals surface area contributed by atoms with E-state index in [1.54, 1.807) is 10.9 Å². The molecule has 174 valence electrons. The van der Waals surface area contributed by atoms with Gasteiger partial charge >= 0.3 is 0 Å². The maximum atomic E-state index is 13.9. The second-order valence-corrected chi connectivity index (χ2v) is 9.84. The van der Waals surface area contributed by atoms with Gasteiger partial charge in [0.25, 0.3) is 11.5 Å². The summed E-state index contributed by atoms with van der Waals surface area (Å²) in [7, 11) is 1.91. The SMILES string of the molecule is CC(c1cn(C)cn1)n1c(NC2(C)CC2)nc2c(-c3cc4c([nH]3)[C@@H](C)NC4=O)cccc2c1=O. The topological polar surface area (TPSA) is 110 Å². The first kappa shape index (κ1) is 20.7. The van der Waals surface area contributed by atoms with Crippen molar-refractivity contribution in [1.82, 2.24) is 29.4 Å². The van der Waals surface area contributed by atoms with Crippen LogP contribution in [0.2, 0.25) is 0 Å². The van der Waals surface area contributed by atoms with Crippen LogP contribution in [0.25, 0.3) is 22.2 Å². The first-order chi connectivity index (χ1) is 16.2. The third-order valence-electron chi connectivity index (χ3n) is 7.05. The summed E-state index contributed by atoms with van der Waals surface area (Å²) in [5, 5.41) is 6.96. The molecule has 1 saturated carbocycles. The summed E-state index contributed by atoms with van der Waals surface area (Å²) in [5.74, 6) is 0.446. The minimum absolute atomic E-state index is 0.0746. The van der Waals surface area contributed by atoms with Gasteiger partial charge in [-0.2, -0.15) is 0 Å². The predicted octanol–water partition coefficient (Wildman–Crippen LogP) is 3.50. The number of nitrogens with one attached hydrogen (secondary N) is 3. The Bertz CT molecular complexity index is 1520. The van der Waals surface area contributed by atoms with Gasteiger partial charge in [-0.3, -0.25) is 14.2 Å². The van der Waals surface area contributed by atoms with Crippen LogP contribution in [0, 0.1) is 0 Å². The van der Waals surface area contributed by atoms with Crippen LogP contribution in [-0.2, 0) is 7.05 Å². The van der Waals surface area contributed by atoms with Crippen LogP contribution in [0.5, 0.6) is 0 Å². The molecule has 0 radical (unpaired) electrons. The van der Waals surface area contributed by atoms with Crippen molar-refractivity contribution in [3.05, 3.63) is 64.1 Å². The molecule has 1 aliphatic carbocycles. The molecular weight excluding hydrogens is 430 g/mol. The molecule has 34 heavy (non-hydrogen) atoms. The molecule has 0 saturated heterocycles. The van der Waals surface area contributed by atoms with Gasteiger partial charge in [-0.25, -0.2) is 9.97 Å². The van der Waals surface area contributed by atoms with E-state index in [1.165, 1.54) is 0 Å². The van der Waals surface area contributed by atoms with Gasteiger partial charge in [0.05, 0.1) is 46.3 Å². The van der Waals surface area contributed by atoms with E-state index >= 15 is 0 Å². The molecule has 9 heteroatoms. The lowest BCUT2D eigenvalue weighted by atomic mass is 10.1. The fraction of sp³-hybridized carbons (Fsp3) is 0.360. The largest absolute Gasteiger partial charge is 0.356 e. The number of aromatic nitrogens is 5. The Morgan fingerprint density at radius 2 is 2.03 bits per heavy atom. The summed E-state index contributed by atoms with van der Waals surface area (Å²) < 4.78 is 3.59. The lowest BCUT2D eigenvalue weighted by molar-refractivity contribution is 0.0958. The minimum Gasteiger partial charge on any atom is -0.356 e. The Hall–Kier alpha value is -3.88. The van der Waals surface area contributed by atoms with Crippen molar-refractivity contribution in [1.29, 1.82) is 0 Å². The van der Waals surface area contributed by atoms with E-state index < -0.39 is 0 Å². The number of rotatable bonds is 5. The summed E-state index contributed by atoms with van der Waals surface area (Å²) in [4.78, 5) is 39.0. The molecule has 1 fully saturated rings. The standard InChI is InChI=1S/C25H27N7O2/c1-13-20-17(22(33)27-13)10-18(28-20)15-6-5-7-16-21(15)29-24(30-25(3)8-9-25)32(23(16)34)14(2)19-11-31(4)12-26-19/h5-7,10-14,28H,8-9H2,1-4H3,(H,27,33)(H,29,30)/t13-,14?/m1/s1. The lowest BCUT2D eigenvalue weighted by Crippen LogP contribution is -2.31. The molecule has 0 bridgehead atoms. The number of hydrogen-bond acceptors (Lipinski definition) is 5. The van der Waals surface area contributed by atoms with Gasteiger partial charge < -0.3 is 20.2 Å². The van der Waals surface area contributed by atoms with E-state index in [1.807, 2.05) is 55.9 Å². The van der Waals surface area contributed by atoms with Crippen molar-refractivity contribution < 1.29 is 4.79 Å². The summed E-state index contributed by atoms with van der Waals surface area (Å²) in [6.45, 7) is 6.05. The highest BCUT2D eigenvalue weighted by atomic mass is 16.2. The Morgan fingerprint density at radius 1 is 1.24 bits per heavy atom. The molecule has 2 aliphatic rings. The number of imidazole rings is 1. The third-order valence-corrected chi connectivity index (χ3v) is 7.05. The zero-order valence-corrected chi connectivity index (χ0v) is 19.6. The fourth-order valence-corrected chi connectivity index (χ4v) is 4.74. The van der Waals surface area contributed by atoms with E-state index in [4.69, 9.17) is 4.98 Å². The van der Waals surface area contributed by atoms with Crippen molar-refractivity contribution in [3.8, 4) is 11.3 Å². The van der Waals surface area contributed by atoms with Gasteiger partial charge in [0.1, 0.15) is 0 Å². The number of para-hydroxylation sites is 1. The average Bonchev–Trinajstić information content (AvgIpc) is 3.14. The van der Waals surface area contributed by atoms with Crippen molar-refractivity contribution in [2.45, 2.75) is 51.2 Å². The average molecular weight is 458 g/mol. The molecule has 3 N–H and O–H groups in total. The van der Waals surface area contributed by atoms with Crippen LogP contribution < -0.4 is 16.2 Å². The number of H-pyrrole nitrogens is 1. The summed E-state index contributed by atoms with van der Waals surface area (Å²) in [6, 6.07) is 7.09. The van der Waals surface area contributed by atoms with Gasteiger partial charge in [-0.15, -0.1) is 0 Å². The zero-order valence-electron chi connectivity index (χ0n) is 19.6. The van der Waals surface area contributed by atoms with Gasteiger partial charge in [0.2, 0.25) is 5.95 Å². The Kier molecular flexibility index (Phi) is 4.30. The molecule has 0 spiro atoms. The van der Waals surface area contributed by atoms with Crippen LogP contribution in [0.1, 0.15) is 67.4 Å². The number of aryl methyl sites for hydroxylation is 1. The lowest BCUT2D eigenvalue weighted by Gasteiger charge is -2.22. The summed E-state index contributed by atoms with van der Waals surface area (Å²) in [5.41, 5.74) is 4.28. The van der Waals surface area contributed by atoms with Gasteiger partial charge in [-0.1, -0.05) is 12.1 Å². The van der Waals surface area contributed by atoms with Crippen molar-refractivity contribution in [2.75, 3.05) is 5.32 Å². The van der Waals surface area contributed by atoms with Crippen molar-refractivity contribution in [3.63, 3.8) is 0 Å². The first-order valence-electron chi connectivity index (χ1n) is 11.6. The molecule has 1 amide bonds. The van der Waals surface area contributed by atoms with Crippen LogP contribution in [0.4, 0.5) is 5.95 Å². The second kappa shape index (κ2) is 7.06. The zero-order chi connectivity index (χ0) is 23.8. The number of carbonyl (C=O) groups excluding carboxylic acids is 1. The van der Waals surface area contributed by atoms with Crippen LogP contribution >= 0.6 is 0 Å².